The van der Waals surface area contributed by atoms with Crippen molar-refractivity contribution in [3.05, 3.63) is 80.5 Å². The average molecular weight is 434 g/mol. The molecule has 0 radical (unpaired) electrons. The summed E-state index contributed by atoms with van der Waals surface area (Å²) in [4.78, 5) is 22.1. The van der Waals surface area contributed by atoms with Crippen LogP contribution < -0.4 is 10.2 Å². The Morgan fingerprint density at radius 2 is 2.00 bits per heavy atom. The minimum atomic E-state index is -0.593. The van der Waals surface area contributed by atoms with E-state index in [-0.39, 0.29) is 11.4 Å². The maximum atomic E-state index is 11.8. The van der Waals surface area contributed by atoms with Crippen LogP contribution in [0.15, 0.2) is 64.1 Å². The van der Waals surface area contributed by atoms with Crippen LogP contribution in [-0.2, 0) is 4.79 Å². The van der Waals surface area contributed by atoms with Gasteiger partial charge in [-0.05, 0) is 36.4 Å². The molecular weight excluding hydrogens is 421 g/mol. The Morgan fingerprint density at radius 3 is 2.79 bits per heavy atom. The van der Waals surface area contributed by atoms with Crippen LogP contribution in [0.1, 0.15) is 5.76 Å². The third kappa shape index (κ3) is 5.34. The number of nitro groups is 1. The van der Waals surface area contributed by atoms with Gasteiger partial charge in [0, 0.05) is 16.7 Å². The van der Waals surface area contributed by atoms with Gasteiger partial charge in [-0.15, -0.1) is 0 Å². The van der Waals surface area contributed by atoms with E-state index in [0.29, 0.717) is 27.1 Å². The molecule has 1 N–H and O–H groups in total. The second-order valence-electron chi connectivity index (χ2n) is 5.63. The van der Waals surface area contributed by atoms with E-state index in [0.717, 1.165) is 0 Å². The van der Waals surface area contributed by atoms with E-state index >= 15 is 0 Å². The van der Waals surface area contributed by atoms with Crippen molar-refractivity contribution >= 4 is 41.0 Å². The van der Waals surface area contributed by atoms with Crippen LogP contribution in [0, 0.1) is 10.1 Å². The van der Waals surface area contributed by atoms with E-state index in [4.69, 9.17) is 32.4 Å². The molecule has 10 heteroatoms. The summed E-state index contributed by atoms with van der Waals surface area (Å²) in [6, 6.07) is 14.1. The average Bonchev–Trinajstić information content (AvgIpc) is 3.17. The van der Waals surface area contributed by atoms with E-state index < -0.39 is 17.4 Å². The smallest absolute Gasteiger partial charge is 0.310 e. The number of nitro benzene ring substituents is 1. The van der Waals surface area contributed by atoms with E-state index in [2.05, 4.69) is 10.5 Å². The predicted molar refractivity (Wildman–Crippen MR) is 108 cm³/mol. The molecule has 0 fully saturated rings. The number of ether oxygens (including phenoxy) is 1. The van der Waals surface area contributed by atoms with E-state index in [9.17, 15) is 14.9 Å². The fraction of sp³-hybridized carbons (Fsp3) is 0.0526. The lowest BCUT2D eigenvalue weighted by atomic mass is 10.2. The van der Waals surface area contributed by atoms with Gasteiger partial charge in [-0.2, -0.15) is 5.10 Å². The molecule has 0 bridgehead atoms. The first kappa shape index (κ1) is 20.4. The Kier molecular flexibility index (Phi) is 6.48. The minimum absolute atomic E-state index is 0.00861. The van der Waals surface area contributed by atoms with Crippen molar-refractivity contribution in [1.82, 2.24) is 5.43 Å². The first-order valence-electron chi connectivity index (χ1n) is 8.17. The molecule has 1 aromatic heterocycles. The molecule has 0 saturated heterocycles. The van der Waals surface area contributed by atoms with Gasteiger partial charge < -0.3 is 9.15 Å². The number of halogens is 2. The topological polar surface area (TPSA) is 107 Å². The molecule has 0 spiro atoms. The van der Waals surface area contributed by atoms with Gasteiger partial charge in [0.2, 0.25) is 0 Å². The van der Waals surface area contributed by atoms with Crippen LogP contribution in [-0.4, -0.2) is 23.7 Å². The van der Waals surface area contributed by atoms with Crippen molar-refractivity contribution in [1.29, 1.82) is 0 Å². The highest BCUT2D eigenvalue weighted by atomic mass is 35.5. The Morgan fingerprint density at radius 1 is 1.21 bits per heavy atom. The number of hydrogen-bond acceptors (Lipinski definition) is 6. The molecule has 3 aromatic rings. The number of benzene rings is 2. The van der Waals surface area contributed by atoms with Gasteiger partial charge in [-0.3, -0.25) is 14.9 Å². The SMILES string of the molecule is O=C(COc1ccccc1[N+](=O)[O-])N/N=C\c1ccc(-c2cc(Cl)ccc2Cl)o1. The largest absolute Gasteiger partial charge is 0.477 e. The van der Waals surface area contributed by atoms with Crippen LogP contribution in [0.2, 0.25) is 10.0 Å². The molecule has 0 unspecified atom stereocenters. The number of carbonyl (C=O) groups excluding carboxylic acids is 1. The van der Waals surface area contributed by atoms with E-state index in [1.54, 1.807) is 36.4 Å². The molecule has 0 saturated carbocycles. The Hall–Kier alpha value is -3.36. The highest BCUT2D eigenvalue weighted by molar-refractivity contribution is 6.35. The van der Waals surface area contributed by atoms with Crippen molar-refractivity contribution in [2.45, 2.75) is 0 Å². The van der Waals surface area contributed by atoms with Gasteiger partial charge in [0.05, 0.1) is 16.2 Å². The lowest BCUT2D eigenvalue weighted by Crippen LogP contribution is -2.24. The number of rotatable bonds is 7. The number of para-hydroxylation sites is 2. The molecular formula is C19H13Cl2N3O5. The van der Waals surface area contributed by atoms with Gasteiger partial charge in [0.15, 0.2) is 12.4 Å². The summed E-state index contributed by atoms with van der Waals surface area (Å²) in [5.41, 5.74) is 2.64. The van der Waals surface area contributed by atoms with E-state index in [1.807, 2.05) is 0 Å². The summed E-state index contributed by atoms with van der Waals surface area (Å²) in [5, 5.41) is 15.7. The fourth-order valence-corrected chi connectivity index (χ4v) is 2.71. The van der Waals surface area contributed by atoms with Crippen LogP contribution in [0.25, 0.3) is 11.3 Å². The summed E-state index contributed by atoms with van der Waals surface area (Å²) in [6.07, 6.45) is 1.30. The third-order valence-corrected chi connectivity index (χ3v) is 4.19. The van der Waals surface area contributed by atoms with Crippen LogP contribution in [0.3, 0.4) is 0 Å². The standard InChI is InChI=1S/C19H13Cl2N3O5/c20-12-5-7-15(21)14(9-12)17-8-6-13(29-17)10-22-23-19(25)11-28-18-4-2-1-3-16(18)24(26)27/h1-10H,11H2,(H,23,25)/b22-10-. The minimum Gasteiger partial charge on any atom is -0.477 e. The van der Waals surface area contributed by atoms with Gasteiger partial charge >= 0.3 is 5.69 Å². The fourth-order valence-electron chi connectivity index (χ4n) is 2.33. The molecule has 1 amide bonds. The van der Waals surface area contributed by atoms with Crippen molar-refractivity contribution in [2.24, 2.45) is 5.10 Å². The molecule has 8 nitrogen and oxygen atoms in total. The number of carbonyl (C=O) groups is 1. The molecule has 0 aliphatic heterocycles. The van der Waals surface area contributed by atoms with Crippen LogP contribution >= 0.6 is 23.2 Å². The van der Waals surface area contributed by atoms with Gasteiger partial charge in [-0.25, -0.2) is 5.43 Å². The van der Waals surface area contributed by atoms with Crippen molar-refractivity contribution in [2.75, 3.05) is 6.61 Å². The predicted octanol–water partition coefficient (Wildman–Crippen LogP) is 4.69. The van der Waals surface area contributed by atoms with E-state index in [1.165, 1.54) is 24.4 Å². The summed E-state index contributed by atoms with van der Waals surface area (Å²) in [5.74, 6) is 0.260. The highest BCUT2D eigenvalue weighted by Crippen LogP contribution is 2.31. The summed E-state index contributed by atoms with van der Waals surface area (Å²) in [6.45, 7) is -0.441. The zero-order valence-corrected chi connectivity index (χ0v) is 16.2. The third-order valence-electron chi connectivity index (χ3n) is 3.62. The number of hydrazone groups is 1. The van der Waals surface area contributed by atoms with Crippen molar-refractivity contribution in [3.63, 3.8) is 0 Å². The monoisotopic (exact) mass is 433 g/mol. The Bertz CT molecular complexity index is 1080. The Balaban J connectivity index is 1.57. The zero-order valence-electron chi connectivity index (χ0n) is 14.7. The maximum Gasteiger partial charge on any atom is 0.310 e. The number of hydrogen-bond donors (Lipinski definition) is 1. The van der Waals surface area contributed by atoms with Gasteiger partial charge in [0.1, 0.15) is 11.5 Å². The maximum absolute atomic E-state index is 11.8. The van der Waals surface area contributed by atoms with Crippen molar-refractivity contribution in [3.8, 4) is 17.1 Å². The van der Waals surface area contributed by atoms with Crippen molar-refractivity contribution < 1.29 is 18.9 Å². The summed E-state index contributed by atoms with van der Waals surface area (Å²) >= 11 is 12.1. The number of nitrogens with one attached hydrogen (secondary N) is 1. The lowest BCUT2D eigenvalue weighted by Gasteiger charge is -2.05. The number of amides is 1. The summed E-state index contributed by atoms with van der Waals surface area (Å²) in [7, 11) is 0. The zero-order chi connectivity index (χ0) is 20.8. The second-order valence-corrected chi connectivity index (χ2v) is 6.48. The molecule has 3 rings (SSSR count). The summed E-state index contributed by atoms with van der Waals surface area (Å²) < 4.78 is 10.8. The van der Waals surface area contributed by atoms with Gasteiger partial charge in [0.25, 0.3) is 5.91 Å². The molecule has 1 heterocycles. The first-order chi connectivity index (χ1) is 13.9. The first-order valence-corrected chi connectivity index (χ1v) is 8.93. The molecule has 148 valence electrons. The van der Waals surface area contributed by atoms with Crippen LogP contribution in [0.5, 0.6) is 5.75 Å². The number of nitrogens with zero attached hydrogens (tertiary/aromatic N) is 2. The quantitative estimate of drug-likeness (QED) is 0.330. The molecule has 2 aromatic carbocycles. The number of furan rings is 1. The highest BCUT2D eigenvalue weighted by Gasteiger charge is 2.14. The molecule has 0 aliphatic carbocycles. The van der Waals surface area contributed by atoms with Crippen LogP contribution in [0.4, 0.5) is 5.69 Å². The normalized spacial score (nSPS) is 10.8. The van der Waals surface area contributed by atoms with Gasteiger partial charge in [-0.1, -0.05) is 35.3 Å². The Labute approximate surface area is 174 Å². The molecule has 0 atom stereocenters. The lowest BCUT2D eigenvalue weighted by molar-refractivity contribution is -0.385. The molecule has 0 aliphatic rings. The molecule has 29 heavy (non-hydrogen) atoms. The second kappa shape index (κ2) is 9.22.